The molecular formula is C13H23N3O3. The fourth-order valence-corrected chi connectivity index (χ4v) is 1.92. The van der Waals surface area contributed by atoms with Gasteiger partial charge < -0.3 is 5.32 Å². The van der Waals surface area contributed by atoms with E-state index < -0.39 is 12.1 Å². The molecule has 1 saturated heterocycles. The predicted octanol–water partition coefficient (Wildman–Crippen LogP) is 0.0266. The van der Waals surface area contributed by atoms with Crippen LogP contribution in [0, 0.1) is 0 Å². The summed E-state index contributed by atoms with van der Waals surface area (Å²) in [7, 11) is 1.47. The molecule has 0 aromatic rings. The number of carbonyl (C=O) groups is 3. The molecule has 0 aromatic carbocycles. The Kier molecular flexibility index (Phi) is 5.47. The molecule has 108 valence electrons. The van der Waals surface area contributed by atoms with Crippen LogP contribution in [0.5, 0.6) is 0 Å². The highest BCUT2D eigenvalue weighted by molar-refractivity contribution is 6.00. The molecule has 6 nitrogen and oxygen atoms in total. The standard InChI is InChI=1S/C13H23N3O3/c1-5-8(2)14-12(18)9(3)15-10-6-7-11(17)16(4)13(10)19/h8-10,15H,5-7H2,1-4H3,(H,14,18). The van der Waals surface area contributed by atoms with E-state index in [1.165, 1.54) is 7.05 Å². The quantitative estimate of drug-likeness (QED) is 0.690. The van der Waals surface area contributed by atoms with E-state index in [1.54, 1.807) is 6.92 Å². The number of nitrogens with zero attached hydrogens (tertiary/aromatic N) is 1. The lowest BCUT2D eigenvalue weighted by atomic mass is 10.0. The third kappa shape index (κ3) is 4.02. The molecule has 0 radical (unpaired) electrons. The molecule has 0 saturated carbocycles. The number of likely N-dealkylation sites (tertiary alicyclic amines) is 1. The number of likely N-dealkylation sites (N-methyl/N-ethyl adjacent to an activating group) is 1. The fourth-order valence-electron chi connectivity index (χ4n) is 1.92. The van der Waals surface area contributed by atoms with Gasteiger partial charge in [0.2, 0.25) is 17.7 Å². The Labute approximate surface area is 113 Å². The van der Waals surface area contributed by atoms with Crippen molar-refractivity contribution in [3.63, 3.8) is 0 Å². The van der Waals surface area contributed by atoms with Crippen LogP contribution in [-0.4, -0.2) is 47.8 Å². The molecule has 3 atom stereocenters. The molecule has 2 N–H and O–H groups in total. The first kappa shape index (κ1) is 15.6. The van der Waals surface area contributed by atoms with E-state index in [0.29, 0.717) is 12.8 Å². The topological polar surface area (TPSA) is 78.5 Å². The molecular weight excluding hydrogens is 246 g/mol. The summed E-state index contributed by atoms with van der Waals surface area (Å²) >= 11 is 0. The second kappa shape index (κ2) is 6.65. The van der Waals surface area contributed by atoms with E-state index in [1.807, 2.05) is 13.8 Å². The molecule has 19 heavy (non-hydrogen) atoms. The Bertz CT molecular complexity index is 370. The number of piperidine rings is 1. The lowest BCUT2D eigenvalue weighted by Crippen LogP contribution is -2.56. The first-order chi connectivity index (χ1) is 8.86. The molecule has 1 fully saturated rings. The zero-order valence-corrected chi connectivity index (χ0v) is 12.0. The summed E-state index contributed by atoms with van der Waals surface area (Å²) in [5, 5.41) is 5.85. The number of amides is 3. The Balaban J connectivity index is 2.52. The van der Waals surface area contributed by atoms with Crippen molar-refractivity contribution in [2.24, 2.45) is 0 Å². The van der Waals surface area contributed by atoms with Crippen LogP contribution in [0.4, 0.5) is 0 Å². The van der Waals surface area contributed by atoms with Crippen LogP contribution in [0.1, 0.15) is 40.0 Å². The van der Waals surface area contributed by atoms with Gasteiger partial charge in [0.1, 0.15) is 0 Å². The van der Waals surface area contributed by atoms with Gasteiger partial charge in [0.25, 0.3) is 0 Å². The summed E-state index contributed by atoms with van der Waals surface area (Å²) in [6, 6.07) is -0.798. The summed E-state index contributed by atoms with van der Waals surface area (Å²) in [4.78, 5) is 36.2. The van der Waals surface area contributed by atoms with Crippen molar-refractivity contribution in [1.82, 2.24) is 15.5 Å². The van der Waals surface area contributed by atoms with E-state index in [2.05, 4.69) is 10.6 Å². The van der Waals surface area contributed by atoms with Gasteiger partial charge in [-0.1, -0.05) is 6.92 Å². The molecule has 1 aliphatic rings. The molecule has 0 aromatic heterocycles. The van der Waals surface area contributed by atoms with Crippen LogP contribution in [0.15, 0.2) is 0 Å². The maximum absolute atomic E-state index is 11.9. The summed E-state index contributed by atoms with van der Waals surface area (Å²) < 4.78 is 0. The number of imide groups is 1. The van der Waals surface area contributed by atoms with Crippen molar-refractivity contribution < 1.29 is 14.4 Å². The van der Waals surface area contributed by atoms with Gasteiger partial charge in [0, 0.05) is 19.5 Å². The lowest BCUT2D eigenvalue weighted by Gasteiger charge is -2.30. The van der Waals surface area contributed by atoms with Crippen LogP contribution in [0.2, 0.25) is 0 Å². The molecule has 3 amide bonds. The summed E-state index contributed by atoms with van der Waals surface area (Å²) in [6.07, 6.45) is 1.64. The Hall–Kier alpha value is -1.43. The van der Waals surface area contributed by atoms with Gasteiger partial charge in [-0.05, 0) is 26.7 Å². The minimum Gasteiger partial charge on any atom is -0.352 e. The van der Waals surface area contributed by atoms with Gasteiger partial charge in [0.15, 0.2) is 0 Å². The van der Waals surface area contributed by atoms with Gasteiger partial charge >= 0.3 is 0 Å². The average molecular weight is 269 g/mol. The van der Waals surface area contributed by atoms with Gasteiger partial charge in [0.05, 0.1) is 12.1 Å². The van der Waals surface area contributed by atoms with Crippen LogP contribution >= 0.6 is 0 Å². The molecule has 6 heteroatoms. The van der Waals surface area contributed by atoms with Crippen molar-refractivity contribution in [3.05, 3.63) is 0 Å². The molecule has 1 rings (SSSR count). The number of carbonyl (C=O) groups excluding carboxylic acids is 3. The van der Waals surface area contributed by atoms with E-state index >= 15 is 0 Å². The van der Waals surface area contributed by atoms with Crippen LogP contribution in [-0.2, 0) is 14.4 Å². The Morgan fingerprint density at radius 3 is 2.63 bits per heavy atom. The third-order valence-corrected chi connectivity index (χ3v) is 3.50. The molecule has 3 unspecified atom stereocenters. The van der Waals surface area contributed by atoms with E-state index in [-0.39, 0.29) is 23.8 Å². The normalized spacial score (nSPS) is 23.2. The van der Waals surface area contributed by atoms with E-state index in [9.17, 15) is 14.4 Å². The second-order valence-corrected chi connectivity index (χ2v) is 5.09. The smallest absolute Gasteiger partial charge is 0.246 e. The lowest BCUT2D eigenvalue weighted by molar-refractivity contribution is -0.148. The van der Waals surface area contributed by atoms with Crippen LogP contribution < -0.4 is 10.6 Å². The first-order valence-corrected chi connectivity index (χ1v) is 6.73. The third-order valence-electron chi connectivity index (χ3n) is 3.50. The zero-order chi connectivity index (χ0) is 14.6. The summed E-state index contributed by atoms with van der Waals surface area (Å²) in [6.45, 7) is 5.65. The average Bonchev–Trinajstić information content (AvgIpc) is 2.39. The van der Waals surface area contributed by atoms with Gasteiger partial charge in [-0.25, -0.2) is 0 Å². The Morgan fingerprint density at radius 1 is 1.42 bits per heavy atom. The van der Waals surface area contributed by atoms with Gasteiger partial charge in [-0.2, -0.15) is 0 Å². The SMILES string of the molecule is CCC(C)NC(=O)C(C)NC1CCC(=O)N(C)C1=O. The largest absolute Gasteiger partial charge is 0.352 e. The van der Waals surface area contributed by atoms with Crippen LogP contribution in [0.25, 0.3) is 0 Å². The highest BCUT2D eigenvalue weighted by atomic mass is 16.2. The van der Waals surface area contributed by atoms with Crippen molar-refractivity contribution in [3.8, 4) is 0 Å². The number of hydrogen-bond donors (Lipinski definition) is 2. The maximum atomic E-state index is 11.9. The number of nitrogens with one attached hydrogen (secondary N) is 2. The minimum absolute atomic E-state index is 0.114. The number of hydrogen-bond acceptors (Lipinski definition) is 4. The molecule has 1 aliphatic heterocycles. The van der Waals surface area contributed by atoms with Crippen LogP contribution in [0.3, 0.4) is 0 Å². The minimum atomic E-state index is -0.458. The van der Waals surface area contributed by atoms with Gasteiger partial charge in [-0.15, -0.1) is 0 Å². The second-order valence-electron chi connectivity index (χ2n) is 5.09. The molecule has 0 spiro atoms. The van der Waals surface area contributed by atoms with Crippen molar-refractivity contribution in [1.29, 1.82) is 0 Å². The van der Waals surface area contributed by atoms with E-state index in [0.717, 1.165) is 11.3 Å². The van der Waals surface area contributed by atoms with E-state index in [4.69, 9.17) is 0 Å². The molecule has 0 bridgehead atoms. The number of rotatable bonds is 5. The highest BCUT2D eigenvalue weighted by Crippen LogP contribution is 2.12. The molecule has 1 heterocycles. The van der Waals surface area contributed by atoms with Crippen molar-refractivity contribution >= 4 is 17.7 Å². The van der Waals surface area contributed by atoms with Crippen molar-refractivity contribution in [2.45, 2.75) is 58.2 Å². The zero-order valence-electron chi connectivity index (χ0n) is 12.0. The Morgan fingerprint density at radius 2 is 2.05 bits per heavy atom. The summed E-state index contributed by atoms with van der Waals surface area (Å²) in [5.74, 6) is -0.555. The fraction of sp³-hybridized carbons (Fsp3) is 0.769. The van der Waals surface area contributed by atoms with Gasteiger partial charge in [-0.3, -0.25) is 24.6 Å². The highest BCUT2D eigenvalue weighted by Gasteiger charge is 2.33. The first-order valence-electron chi connectivity index (χ1n) is 6.73. The molecule has 0 aliphatic carbocycles. The summed E-state index contributed by atoms with van der Waals surface area (Å²) in [5.41, 5.74) is 0. The maximum Gasteiger partial charge on any atom is 0.246 e. The monoisotopic (exact) mass is 269 g/mol. The predicted molar refractivity (Wildman–Crippen MR) is 71.3 cm³/mol. The van der Waals surface area contributed by atoms with Crippen molar-refractivity contribution in [2.75, 3.05) is 7.05 Å².